The van der Waals surface area contributed by atoms with E-state index in [2.05, 4.69) is 19.2 Å². The normalized spacial score (nSPS) is 21.6. The van der Waals surface area contributed by atoms with Crippen molar-refractivity contribution in [1.82, 2.24) is 5.32 Å². The van der Waals surface area contributed by atoms with E-state index in [1.165, 1.54) is 7.11 Å². The molecule has 1 aliphatic carbocycles. The molecule has 0 radical (unpaired) electrons. The van der Waals surface area contributed by atoms with Crippen molar-refractivity contribution < 1.29 is 19.1 Å². The Hall–Kier alpha value is -2.40. The summed E-state index contributed by atoms with van der Waals surface area (Å²) in [6.07, 6.45) is 1.24. The highest BCUT2D eigenvalue weighted by molar-refractivity contribution is 6.02. The van der Waals surface area contributed by atoms with Crippen molar-refractivity contribution >= 4 is 11.8 Å². The number of carbonyl (C=O) groups excluding carboxylic acids is 2. The average Bonchev–Trinajstić information content (AvgIpc) is 2.60. The molecule has 0 spiro atoms. The third-order valence-electron chi connectivity index (χ3n) is 5.16. The first kappa shape index (κ1) is 19.4. The number of nitrogens with one attached hydrogen (secondary N) is 1. The zero-order valence-corrected chi connectivity index (χ0v) is 16.4. The Morgan fingerprint density at radius 2 is 1.93 bits per heavy atom. The van der Waals surface area contributed by atoms with Crippen molar-refractivity contribution in [2.24, 2.45) is 11.3 Å². The Kier molecular flexibility index (Phi) is 5.51. The summed E-state index contributed by atoms with van der Waals surface area (Å²) >= 11 is 0. The van der Waals surface area contributed by atoms with Crippen molar-refractivity contribution in [2.75, 3.05) is 13.7 Å². The third-order valence-corrected chi connectivity index (χ3v) is 5.16. The van der Waals surface area contributed by atoms with Crippen LogP contribution in [0, 0.1) is 11.3 Å². The second kappa shape index (κ2) is 7.69. The molecule has 1 heterocycles. The minimum atomic E-state index is -0.419. The maximum Gasteiger partial charge on any atom is 0.336 e. The van der Waals surface area contributed by atoms with Crippen LogP contribution in [0.5, 0.6) is 0 Å². The van der Waals surface area contributed by atoms with Crippen LogP contribution in [0.15, 0.2) is 52.9 Å². The van der Waals surface area contributed by atoms with Crippen molar-refractivity contribution in [3.05, 3.63) is 58.4 Å². The second-order valence-electron chi connectivity index (χ2n) is 8.04. The van der Waals surface area contributed by atoms with Gasteiger partial charge < -0.3 is 14.8 Å². The van der Waals surface area contributed by atoms with Crippen LogP contribution in [0.2, 0.25) is 0 Å². The highest BCUT2D eigenvalue weighted by Crippen LogP contribution is 2.43. The summed E-state index contributed by atoms with van der Waals surface area (Å²) < 4.78 is 10.9. The average molecular weight is 369 g/mol. The summed E-state index contributed by atoms with van der Waals surface area (Å²) in [7, 11) is 1.36. The number of methoxy groups -OCH3 is 1. The fraction of sp³-hybridized carbons (Fsp3) is 0.455. The van der Waals surface area contributed by atoms with E-state index in [4.69, 9.17) is 9.47 Å². The Balaban J connectivity index is 1.88. The van der Waals surface area contributed by atoms with Gasteiger partial charge in [0.25, 0.3) is 0 Å². The van der Waals surface area contributed by atoms with Gasteiger partial charge in [-0.15, -0.1) is 0 Å². The van der Waals surface area contributed by atoms with E-state index in [1.54, 1.807) is 0 Å². The zero-order chi connectivity index (χ0) is 19.6. The Morgan fingerprint density at radius 3 is 2.59 bits per heavy atom. The Morgan fingerprint density at radius 1 is 1.22 bits per heavy atom. The maximum atomic E-state index is 12.9. The SMILES string of the molecule is COC(=O)C1=C(C)NC2=C(C(=O)CC(C)(C)C2)C1COCc1ccccc1. The highest BCUT2D eigenvalue weighted by atomic mass is 16.5. The molecule has 0 aromatic heterocycles. The smallest absolute Gasteiger partial charge is 0.336 e. The number of dihydropyridines is 1. The van der Waals surface area contributed by atoms with E-state index >= 15 is 0 Å². The van der Waals surface area contributed by atoms with Crippen molar-refractivity contribution in [3.63, 3.8) is 0 Å². The van der Waals surface area contributed by atoms with Gasteiger partial charge >= 0.3 is 5.97 Å². The number of allylic oxidation sites excluding steroid dienone is 2. The van der Waals surface area contributed by atoms with Crippen molar-refractivity contribution in [3.8, 4) is 0 Å². The minimum absolute atomic E-state index is 0.0796. The fourth-order valence-corrected chi connectivity index (χ4v) is 3.99. The van der Waals surface area contributed by atoms with E-state index in [1.807, 2.05) is 37.3 Å². The fourth-order valence-electron chi connectivity index (χ4n) is 3.99. The molecule has 144 valence electrons. The quantitative estimate of drug-likeness (QED) is 0.805. The summed E-state index contributed by atoms with van der Waals surface area (Å²) in [6, 6.07) is 9.85. The number of esters is 1. The number of benzene rings is 1. The van der Waals surface area contributed by atoms with Crippen molar-refractivity contribution in [1.29, 1.82) is 0 Å². The topological polar surface area (TPSA) is 64.6 Å². The molecule has 1 aliphatic heterocycles. The first-order valence-corrected chi connectivity index (χ1v) is 9.26. The van der Waals surface area contributed by atoms with Crippen LogP contribution in [-0.2, 0) is 25.7 Å². The summed E-state index contributed by atoms with van der Waals surface area (Å²) in [5, 5.41) is 3.29. The van der Waals surface area contributed by atoms with Crippen LogP contribution in [0.4, 0.5) is 0 Å². The molecular formula is C22H27NO4. The van der Waals surface area contributed by atoms with E-state index in [0.717, 1.165) is 23.4 Å². The van der Waals surface area contributed by atoms with Gasteiger partial charge in [0, 0.05) is 29.3 Å². The molecule has 27 heavy (non-hydrogen) atoms. The van der Waals surface area contributed by atoms with Gasteiger partial charge in [-0.25, -0.2) is 4.79 Å². The highest BCUT2D eigenvalue weighted by Gasteiger charge is 2.42. The molecular weight excluding hydrogens is 342 g/mol. The standard InChI is InChI=1S/C22H27NO4/c1-14-19(21(25)26-4)16(13-27-12-15-8-6-5-7-9-15)20-17(23-14)10-22(2,3)11-18(20)24/h5-9,16,23H,10-13H2,1-4H3. The monoisotopic (exact) mass is 369 g/mol. The molecule has 1 N–H and O–H groups in total. The molecule has 0 amide bonds. The van der Waals surface area contributed by atoms with E-state index in [9.17, 15) is 9.59 Å². The molecule has 1 unspecified atom stereocenters. The first-order valence-electron chi connectivity index (χ1n) is 9.26. The maximum absolute atomic E-state index is 12.9. The second-order valence-corrected chi connectivity index (χ2v) is 8.04. The van der Waals surface area contributed by atoms with Crippen LogP contribution >= 0.6 is 0 Å². The summed E-state index contributed by atoms with van der Waals surface area (Å²) in [6.45, 7) is 6.73. The molecule has 5 heteroatoms. The van der Waals surface area contributed by atoms with Crippen LogP contribution in [0.25, 0.3) is 0 Å². The molecule has 0 saturated carbocycles. The first-order chi connectivity index (χ1) is 12.8. The molecule has 1 aromatic carbocycles. The van der Waals surface area contributed by atoms with E-state index < -0.39 is 11.9 Å². The zero-order valence-electron chi connectivity index (χ0n) is 16.4. The lowest BCUT2D eigenvalue weighted by Gasteiger charge is -2.39. The van der Waals surface area contributed by atoms with E-state index in [0.29, 0.717) is 24.2 Å². The minimum Gasteiger partial charge on any atom is -0.466 e. The van der Waals surface area contributed by atoms with Gasteiger partial charge in [0.05, 0.1) is 25.9 Å². The third kappa shape index (κ3) is 4.14. The molecule has 0 fully saturated rings. The number of ether oxygens (including phenoxy) is 2. The lowest BCUT2D eigenvalue weighted by molar-refractivity contribution is -0.137. The number of rotatable bonds is 5. The predicted molar refractivity (Wildman–Crippen MR) is 102 cm³/mol. The van der Waals surface area contributed by atoms with Crippen LogP contribution < -0.4 is 5.32 Å². The Labute approximate surface area is 160 Å². The molecule has 3 rings (SSSR count). The van der Waals surface area contributed by atoms with Gasteiger partial charge in [-0.2, -0.15) is 0 Å². The number of carbonyl (C=O) groups is 2. The summed E-state index contributed by atoms with van der Waals surface area (Å²) in [5.74, 6) is -0.741. The molecule has 5 nitrogen and oxygen atoms in total. The van der Waals surface area contributed by atoms with Gasteiger partial charge in [-0.05, 0) is 24.3 Å². The predicted octanol–water partition coefficient (Wildman–Crippen LogP) is 3.51. The van der Waals surface area contributed by atoms with Crippen LogP contribution in [0.3, 0.4) is 0 Å². The molecule has 1 aromatic rings. The molecule has 1 atom stereocenters. The van der Waals surface area contributed by atoms with Gasteiger partial charge in [0.15, 0.2) is 5.78 Å². The molecule has 0 bridgehead atoms. The number of hydrogen-bond acceptors (Lipinski definition) is 5. The van der Waals surface area contributed by atoms with Gasteiger partial charge in [0.2, 0.25) is 0 Å². The number of hydrogen-bond donors (Lipinski definition) is 1. The number of ketones is 1. The molecule has 2 aliphatic rings. The van der Waals surface area contributed by atoms with Crippen molar-refractivity contribution in [2.45, 2.75) is 40.2 Å². The summed E-state index contributed by atoms with van der Waals surface area (Å²) in [4.78, 5) is 25.3. The molecule has 0 saturated heterocycles. The van der Waals surface area contributed by atoms with Gasteiger partial charge in [-0.1, -0.05) is 44.2 Å². The van der Waals surface area contributed by atoms with Gasteiger partial charge in [-0.3, -0.25) is 4.79 Å². The summed E-state index contributed by atoms with van der Waals surface area (Å²) in [5.41, 5.74) is 3.76. The Bertz CT molecular complexity index is 805. The lowest BCUT2D eigenvalue weighted by atomic mass is 9.70. The van der Waals surface area contributed by atoms with Gasteiger partial charge in [0.1, 0.15) is 0 Å². The van der Waals surface area contributed by atoms with E-state index in [-0.39, 0.29) is 17.8 Å². The number of Topliss-reactive ketones (excluding diaryl/α,β-unsaturated/α-hetero) is 1. The largest absolute Gasteiger partial charge is 0.466 e. The van der Waals surface area contributed by atoms with Crippen LogP contribution in [0.1, 0.15) is 39.2 Å². The van der Waals surface area contributed by atoms with Crippen LogP contribution in [-0.4, -0.2) is 25.5 Å². The lowest BCUT2D eigenvalue weighted by Crippen LogP contribution is -2.40.